The summed E-state index contributed by atoms with van der Waals surface area (Å²) in [6.45, 7) is 0.810. The summed E-state index contributed by atoms with van der Waals surface area (Å²) >= 11 is 0. The van der Waals surface area contributed by atoms with E-state index in [-0.39, 0.29) is 30.3 Å². The van der Waals surface area contributed by atoms with Crippen LogP contribution in [-0.4, -0.2) is 63.2 Å². The molecule has 4 heterocycles. The molecule has 8 heteroatoms. The van der Waals surface area contributed by atoms with E-state index in [1.807, 2.05) is 47.0 Å². The van der Waals surface area contributed by atoms with Crippen LogP contribution in [0.15, 0.2) is 60.9 Å². The number of imide groups is 1. The average Bonchev–Trinajstić information content (AvgIpc) is 3.38. The van der Waals surface area contributed by atoms with Crippen LogP contribution in [0, 0.1) is 0 Å². The molecule has 2 aromatic heterocycles. The topological polar surface area (TPSA) is 87.0 Å². The van der Waals surface area contributed by atoms with Gasteiger partial charge in [0.2, 0.25) is 5.91 Å². The summed E-state index contributed by atoms with van der Waals surface area (Å²) in [6.07, 6.45) is 5.49. The normalized spacial score (nSPS) is 18.5. The molecular formula is C23H23N5O3. The summed E-state index contributed by atoms with van der Waals surface area (Å²) in [5.74, 6) is -0.569. The molecule has 158 valence electrons. The van der Waals surface area contributed by atoms with Gasteiger partial charge in [-0.05, 0) is 30.5 Å². The van der Waals surface area contributed by atoms with Crippen molar-refractivity contribution in [2.24, 2.45) is 0 Å². The number of imidazole rings is 1. The number of hydrogen-bond acceptors (Lipinski definition) is 4. The lowest BCUT2D eigenvalue weighted by Gasteiger charge is -2.41. The molecule has 0 bridgehead atoms. The summed E-state index contributed by atoms with van der Waals surface area (Å²) in [5.41, 5.74) is 2.76. The number of amides is 4. The Kier molecular flexibility index (Phi) is 4.69. The van der Waals surface area contributed by atoms with E-state index in [0.29, 0.717) is 25.9 Å². The van der Waals surface area contributed by atoms with Crippen LogP contribution in [0.1, 0.15) is 24.1 Å². The summed E-state index contributed by atoms with van der Waals surface area (Å²) in [5, 5.41) is 2.45. The van der Waals surface area contributed by atoms with Gasteiger partial charge in [-0.25, -0.2) is 9.78 Å². The first kappa shape index (κ1) is 19.3. The fourth-order valence-electron chi connectivity index (χ4n) is 4.60. The minimum atomic E-state index is -0.501. The van der Waals surface area contributed by atoms with Crippen molar-refractivity contribution in [1.82, 2.24) is 24.5 Å². The van der Waals surface area contributed by atoms with Crippen molar-refractivity contribution in [1.29, 1.82) is 0 Å². The maximum Gasteiger partial charge on any atom is 0.325 e. The Labute approximate surface area is 179 Å². The molecule has 2 saturated heterocycles. The predicted octanol–water partition coefficient (Wildman–Crippen LogP) is 1.79. The van der Waals surface area contributed by atoms with Crippen molar-refractivity contribution in [3.63, 3.8) is 0 Å². The van der Waals surface area contributed by atoms with E-state index in [1.165, 1.54) is 5.56 Å². The van der Waals surface area contributed by atoms with Gasteiger partial charge in [-0.3, -0.25) is 14.5 Å². The molecule has 5 rings (SSSR count). The molecule has 8 nitrogen and oxygen atoms in total. The van der Waals surface area contributed by atoms with Crippen LogP contribution in [0.2, 0.25) is 0 Å². The number of fused-ring (bicyclic) bond motifs is 1. The Bertz CT molecular complexity index is 1100. The summed E-state index contributed by atoms with van der Waals surface area (Å²) in [7, 11) is 0. The highest BCUT2D eigenvalue weighted by molar-refractivity contribution is 6.04. The number of hydrogen-bond donors (Lipinski definition) is 1. The first-order chi connectivity index (χ1) is 15.1. The number of nitrogens with one attached hydrogen (secondary N) is 1. The average molecular weight is 417 g/mol. The Morgan fingerprint density at radius 3 is 2.45 bits per heavy atom. The number of rotatable bonds is 4. The minimum absolute atomic E-state index is 0.0445. The van der Waals surface area contributed by atoms with Gasteiger partial charge in [-0.15, -0.1) is 0 Å². The van der Waals surface area contributed by atoms with E-state index in [9.17, 15) is 14.4 Å². The lowest BCUT2D eigenvalue weighted by molar-refractivity contribution is -0.137. The van der Waals surface area contributed by atoms with Crippen LogP contribution >= 0.6 is 0 Å². The molecule has 0 saturated carbocycles. The molecule has 1 N–H and O–H groups in total. The van der Waals surface area contributed by atoms with Crippen molar-refractivity contribution < 1.29 is 14.4 Å². The SMILES string of the molecule is O=C(CN1C(=O)CNC1=O)N1CCC(c2ccccc2)(c2cn3ccccc3n2)CC1. The largest absolute Gasteiger partial charge is 0.341 e. The molecule has 3 aromatic rings. The van der Waals surface area contributed by atoms with Gasteiger partial charge < -0.3 is 14.6 Å². The fraction of sp³-hybridized carbons (Fsp3) is 0.304. The highest BCUT2D eigenvalue weighted by atomic mass is 16.2. The molecule has 0 aliphatic carbocycles. The van der Waals surface area contributed by atoms with Crippen LogP contribution in [-0.2, 0) is 15.0 Å². The van der Waals surface area contributed by atoms with E-state index < -0.39 is 6.03 Å². The third kappa shape index (κ3) is 3.34. The molecule has 4 amide bonds. The van der Waals surface area contributed by atoms with Gasteiger partial charge in [0.15, 0.2) is 0 Å². The second-order valence-electron chi connectivity index (χ2n) is 8.06. The quantitative estimate of drug-likeness (QED) is 0.656. The number of aromatic nitrogens is 2. The predicted molar refractivity (Wildman–Crippen MR) is 113 cm³/mol. The molecule has 2 aliphatic rings. The second-order valence-corrected chi connectivity index (χ2v) is 8.06. The van der Waals surface area contributed by atoms with Crippen molar-refractivity contribution in [3.05, 3.63) is 72.2 Å². The van der Waals surface area contributed by atoms with Gasteiger partial charge in [0, 0.05) is 30.9 Å². The number of nitrogens with zero attached hydrogens (tertiary/aromatic N) is 4. The van der Waals surface area contributed by atoms with E-state index in [0.717, 1.165) is 16.2 Å². The van der Waals surface area contributed by atoms with E-state index in [4.69, 9.17) is 4.98 Å². The Balaban J connectivity index is 1.40. The number of likely N-dealkylation sites (tertiary alicyclic amines) is 1. The molecule has 0 atom stereocenters. The molecule has 31 heavy (non-hydrogen) atoms. The van der Waals surface area contributed by atoms with E-state index >= 15 is 0 Å². The number of benzene rings is 1. The second kappa shape index (κ2) is 7.54. The Morgan fingerprint density at radius 1 is 1.03 bits per heavy atom. The first-order valence-corrected chi connectivity index (χ1v) is 10.4. The third-order valence-electron chi connectivity index (χ3n) is 6.38. The van der Waals surface area contributed by atoms with Gasteiger partial charge >= 0.3 is 6.03 Å². The monoisotopic (exact) mass is 417 g/mol. The van der Waals surface area contributed by atoms with Gasteiger partial charge in [0.25, 0.3) is 5.91 Å². The zero-order valence-corrected chi connectivity index (χ0v) is 17.0. The van der Waals surface area contributed by atoms with Crippen molar-refractivity contribution in [2.75, 3.05) is 26.2 Å². The summed E-state index contributed by atoms with van der Waals surface area (Å²) < 4.78 is 2.02. The first-order valence-electron chi connectivity index (χ1n) is 10.4. The summed E-state index contributed by atoms with van der Waals surface area (Å²) in [4.78, 5) is 44.0. The van der Waals surface area contributed by atoms with Gasteiger partial charge in [-0.2, -0.15) is 0 Å². The maximum absolute atomic E-state index is 12.8. The number of carbonyl (C=O) groups is 3. The molecule has 0 radical (unpaired) electrons. The van der Waals surface area contributed by atoms with Crippen LogP contribution in [0.5, 0.6) is 0 Å². The highest BCUT2D eigenvalue weighted by Crippen LogP contribution is 2.41. The number of piperidine rings is 1. The summed E-state index contributed by atoms with van der Waals surface area (Å²) in [6, 6.07) is 15.7. The van der Waals surface area contributed by atoms with E-state index in [1.54, 1.807) is 4.90 Å². The molecule has 0 spiro atoms. The maximum atomic E-state index is 12.8. The number of pyridine rings is 1. The zero-order chi connectivity index (χ0) is 21.4. The minimum Gasteiger partial charge on any atom is -0.341 e. The number of urea groups is 1. The van der Waals surface area contributed by atoms with Crippen LogP contribution in [0.25, 0.3) is 5.65 Å². The Morgan fingerprint density at radius 2 is 1.77 bits per heavy atom. The third-order valence-corrected chi connectivity index (χ3v) is 6.38. The van der Waals surface area contributed by atoms with Gasteiger partial charge in [0.1, 0.15) is 12.2 Å². The van der Waals surface area contributed by atoms with Crippen LogP contribution < -0.4 is 5.32 Å². The van der Waals surface area contributed by atoms with Crippen molar-refractivity contribution >= 4 is 23.5 Å². The molecule has 0 unspecified atom stereocenters. The molecular weight excluding hydrogens is 394 g/mol. The van der Waals surface area contributed by atoms with Gasteiger partial charge in [0.05, 0.1) is 12.2 Å². The zero-order valence-electron chi connectivity index (χ0n) is 17.0. The van der Waals surface area contributed by atoms with Crippen molar-refractivity contribution in [3.8, 4) is 0 Å². The Hall–Kier alpha value is -3.68. The number of carbonyl (C=O) groups excluding carboxylic acids is 3. The van der Waals surface area contributed by atoms with Crippen LogP contribution in [0.3, 0.4) is 0 Å². The van der Waals surface area contributed by atoms with Gasteiger partial charge in [-0.1, -0.05) is 36.4 Å². The molecule has 2 aliphatic heterocycles. The van der Waals surface area contributed by atoms with Crippen molar-refractivity contribution in [2.45, 2.75) is 18.3 Å². The van der Waals surface area contributed by atoms with E-state index in [2.05, 4.69) is 23.6 Å². The standard InChI is InChI=1S/C23H23N5O3/c29-20-14-24-22(31)28(20)16-21(30)26-12-9-23(10-13-26,17-6-2-1-3-7-17)18-15-27-11-5-4-8-19(27)25-18/h1-8,11,15H,9-10,12-14,16H2,(H,24,31). The lowest BCUT2D eigenvalue weighted by atomic mass is 9.70. The molecule has 1 aromatic carbocycles. The smallest absolute Gasteiger partial charge is 0.325 e. The highest BCUT2D eigenvalue weighted by Gasteiger charge is 2.41. The molecule has 2 fully saturated rings. The van der Waals surface area contributed by atoms with Crippen LogP contribution in [0.4, 0.5) is 4.79 Å². The fourth-order valence-corrected chi connectivity index (χ4v) is 4.60. The lowest BCUT2D eigenvalue weighted by Crippen LogP contribution is -2.49.